The van der Waals surface area contributed by atoms with Crippen molar-refractivity contribution in [2.45, 2.75) is 26.9 Å². The number of anilines is 1. The number of nitrogens with zero attached hydrogens (tertiary/aromatic N) is 3. The van der Waals surface area contributed by atoms with E-state index in [1.165, 1.54) is 13.0 Å². The van der Waals surface area contributed by atoms with Crippen LogP contribution < -0.4 is 5.32 Å². The second kappa shape index (κ2) is 8.63. The van der Waals surface area contributed by atoms with Gasteiger partial charge in [-0.3, -0.25) is 4.79 Å². The average molecular weight is 433 g/mol. The van der Waals surface area contributed by atoms with E-state index in [1.807, 2.05) is 19.9 Å². The maximum absolute atomic E-state index is 12.6. The summed E-state index contributed by atoms with van der Waals surface area (Å²) in [4.78, 5) is 29.1. The van der Waals surface area contributed by atoms with E-state index in [0.29, 0.717) is 16.5 Å². The fraction of sp³-hybridized carbons (Fsp3) is 0.200. The van der Waals surface area contributed by atoms with Crippen molar-refractivity contribution in [3.05, 3.63) is 69.6 Å². The van der Waals surface area contributed by atoms with E-state index >= 15 is 0 Å². The number of amides is 1. The number of esters is 1. The molecule has 0 aliphatic carbocycles. The fourth-order valence-corrected chi connectivity index (χ4v) is 3.01. The molecule has 2 aromatic heterocycles. The molecule has 3 rings (SSSR count). The molecule has 0 radical (unpaired) electrons. The van der Waals surface area contributed by atoms with Gasteiger partial charge in [0, 0.05) is 16.4 Å². The summed E-state index contributed by atoms with van der Waals surface area (Å²) < 4.78 is 6.84. The van der Waals surface area contributed by atoms with Crippen LogP contribution in [0.5, 0.6) is 0 Å². The van der Waals surface area contributed by atoms with Gasteiger partial charge in [0.05, 0.1) is 10.7 Å². The van der Waals surface area contributed by atoms with Gasteiger partial charge < -0.3 is 10.1 Å². The minimum absolute atomic E-state index is 0.0980. The van der Waals surface area contributed by atoms with Crippen molar-refractivity contribution in [3.63, 3.8) is 0 Å². The standard InChI is InChI=1S/C20H18Cl2N4O3/c1-11-9-12(2)26(25-11)17-8-7-16(22)18(24-17)20(28)29-13(3)19(27)23-15-6-4-5-14(21)10-15/h4-10,13H,1-3H3,(H,23,27). The summed E-state index contributed by atoms with van der Waals surface area (Å²) >= 11 is 12.0. The Morgan fingerprint density at radius 3 is 2.55 bits per heavy atom. The van der Waals surface area contributed by atoms with Crippen molar-refractivity contribution < 1.29 is 14.3 Å². The zero-order valence-electron chi connectivity index (χ0n) is 15.9. The first-order valence-electron chi connectivity index (χ1n) is 8.72. The Hall–Kier alpha value is -2.90. The third-order valence-electron chi connectivity index (χ3n) is 4.00. The van der Waals surface area contributed by atoms with Gasteiger partial charge in [-0.25, -0.2) is 14.5 Å². The molecule has 0 saturated heterocycles. The maximum atomic E-state index is 12.6. The predicted octanol–water partition coefficient (Wildman–Crippen LogP) is 4.37. The molecule has 1 unspecified atom stereocenters. The largest absolute Gasteiger partial charge is 0.448 e. The van der Waals surface area contributed by atoms with Crippen LogP contribution in [0.25, 0.3) is 5.82 Å². The second-order valence-electron chi connectivity index (χ2n) is 6.39. The van der Waals surface area contributed by atoms with E-state index in [0.717, 1.165) is 11.4 Å². The SMILES string of the molecule is Cc1cc(C)n(-c2ccc(Cl)c(C(=O)OC(C)C(=O)Nc3cccc(Cl)c3)n2)n1. The number of ether oxygens (including phenoxy) is 1. The molecule has 7 nitrogen and oxygen atoms in total. The Morgan fingerprint density at radius 1 is 1.14 bits per heavy atom. The first-order chi connectivity index (χ1) is 13.7. The number of aromatic nitrogens is 3. The van der Waals surface area contributed by atoms with E-state index in [4.69, 9.17) is 27.9 Å². The Morgan fingerprint density at radius 2 is 1.90 bits per heavy atom. The van der Waals surface area contributed by atoms with Gasteiger partial charge in [0.15, 0.2) is 17.6 Å². The Balaban J connectivity index is 1.75. The number of pyridine rings is 1. The lowest BCUT2D eigenvalue weighted by Crippen LogP contribution is -2.30. The molecule has 1 N–H and O–H groups in total. The minimum atomic E-state index is -1.07. The van der Waals surface area contributed by atoms with Crippen molar-refractivity contribution in [1.82, 2.24) is 14.8 Å². The molecule has 0 fully saturated rings. The van der Waals surface area contributed by atoms with Crippen LogP contribution in [0, 0.1) is 13.8 Å². The van der Waals surface area contributed by atoms with Crippen molar-refractivity contribution in [1.29, 1.82) is 0 Å². The van der Waals surface area contributed by atoms with Gasteiger partial charge in [0.2, 0.25) is 0 Å². The number of carbonyl (C=O) groups is 2. The van der Waals surface area contributed by atoms with Gasteiger partial charge in [-0.1, -0.05) is 29.3 Å². The van der Waals surface area contributed by atoms with Crippen LogP contribution in [-0.2, 0) is 9.53 Å². The number of rotatable bonds is 5. The molecule has 0 aliphatic rings. The summed E-state index contributed by atoms with van der Waals surface area (Å²) in [6.07, 6.45) is -1.07. The smallest absolute Gasteiger partial charge is 0.359 e. The van der Waals surface area contributed by atoms with Crippen molar-refractivity contribution in [2.75, 3.05) is 5.32 Å². The molecule has 1 atom stereocenters. The van der Waals surface area contributed by atoms with Crippen LogP contribution in [0.2, 0.25) is 10.0 Å². The summed E-state index contributed by atoms with van der Waals surface area (Å²) in [6, 6.07) is 11.7. The number of halogens is 2. The molecule has 150 valence electrons. The van der Waals surface area contributed by atoms with Gasteiger partial charge in [-0.05, 0) is 57.2 Å². The highest BCUT2D eigenvalue weighted by Gasteiger charge is 2.23. The number of hydrogen-bond acceptors (Lipinski definition) is 5. The van der Waals surface area contributed by atoms with E-state index in [9.17, 15) is 9.59 Å². The van der Waals surface area contributed by atoms with Crippen molar-refractivity contribution >= 4 is 40.8 Å². The number of carbonyl (C=O) groups excluding carboxylic acids is 2. The minimum Gasteiger partial charge on any atom is -0.448 e. The first kappa shape index (κ1) is 20.8. The summed E-state index contributed by atoms with van der Waals surface area (Å²) in [7, 11) is 0. The summed E-state index contributed by atoms with van der Waals surface area (Å²) in [5, 5.41) is 7.56. The molecule has 1 aromatic carbocycles. The normalized spacial score (nSPS) is 11.8. The topological polar surface area (TPSA) is 86.1 Å². The van der Waals surface area contributed by atoms with Crippen LogP contribution >= 0.6 is 23.2 Å². The number of aryl methyl sites for hydroxylation is 2. The monoisotopic (exact) mass is 432 g/mol. The van der Waals surface area contributed by atoms with Gasteiger partial charge in [0.1, 0.15) is 0 Å². The van der Waals surface area contributed by atoms with E-state index in [-0.39, 0.29) is 10.7 Å². The van der Waals surface area contributed by atoms with E-state index < -0.39 is 18.0 Å². The highest BCUT2D eigenvalue weighted by molar-refractivity contribution is 6.33. The van der Waals surface area contributed by atoms with Gasteiger partial charge in [0.25, 0.3) is 5.91 Å². The molecular weight excluding hydrogens is 415 g/mol. The van der Waals surface area contributed by atoms with Crippen LogP contribution in [-0.4, -0.2) is 32.7 Å². The van der Waals surface area contributed by atoms with Crippen LogP contribution in [0.1, 0.15) is 28.8 Å². The van der Waals surface area contributed by atoms with Crippen LogP contribution in [0.4, 0.5) is 5.69 Å². The van der Waals surface area contributed by atoms with Crippen molar-refractivity contribution in [2.24, 2.45) is 0 Å². The lowest BCUT2D eigenvalue weighted by molar-refractivity contribution is -0.123. The first-order valence-corrected chi connectivity index (χ1v) is 9.48. The summed E-state index contributed by atoms with van der Waals surface area (Å²) in [6.45, 7) is 5.18. The summed E-state index contributed by atoms with van der Waals surface area (Å²) in [5.41, 5.74) is 2.06. The van der Waals surface area contributed by atoms with E-state index in [1.54, 1.807) is 35.0 Å². The fourth-order valence-electron chi connectivity index (χ4n) is 2.63. The van der Waals surface area contributed by atoms with Gasteiger partial charge in [-0.2, -0.15) is 5.10 Å². The summed E-state index contributed by atoms with van der Waals surface area (Å²) in [5.74, 6) is -0.901. The highest BCUT2D eigenvalue weighted by atomic mass is 35.5. The van der Waals surface area contributed by atoms with Crippen LogP contribution in [0.15, 0.2) is 42.5 Å². The van der Waals surface area contributed by atoms with Crippen LogP contribution in [0.3, 0.4) is 0 Å². The maximum Gasteiger partial charge on any atom is 0.359 e. The number of hydrogen-bond donors (Lipinski definition) is 1. The average Bonchev–Trinajstić information content (AvgIpc) is 3.00. The molecule has 0 spiro atoms. The lowest BCUT2D eigenvalue weighted by Gasteiger charge is -2.14. The highest BCUT2D eigenvalue weighted by Crippen LogP contribution is 2.20. The third-order valence-corrected chi connectivity index (χ3v) is 4.54. The predicted molar refractivity (Wildman–Crippen MR) is 111 cm³/mol. The molecule has 1 amide bonds. The molecule has 0 bridgehead atoms. The molecule has 0 aliphatic heterocycles. The molecule has 2 heterocycles. The Kier molecular flexibility index (Phi) is 6.20. The van der Waals surface area contributed by atoms with Gasteiger partial charge >= 0.3 is 5.97 Å². The molecule has 9 heteroatoms. The zero-order chi connectivity index (χ0) is 21.1. The Bertz CT molecular complexity index is 1080. The lowest BCUT2D eigenvalue weighted by atomic mass is 10.3. The molecule has 3 aromatic rings. The number of benzene rings is 1. The van der Waals surface area contributed by atoms with Crippen molar-refractivity contribution in [3.8, 4) is 5.82 Å². The van der Waals surface area contributed by atoms with Gasteiger partial charge in [-0.15, -0.1) is 0 Å². The Labute approximate surface area is 177 Å². The molecule has 0 saturated carbocycles. The quantitative estimate of drug-likeness (QED) is 0.604. The second-order valence-corrected chi connectivity index (χ2v) is 7.23. The molecule has 29 heavy (non-hydrogen) atoms. The number of nitrogens with one attached hydrogen (secondary N) is 1. The zero-order valence-corrected chi connectivity index (χ0v) is 17.5. The van der Waals surface area contributed by atoms with E-state index in [2.05, 4.69) is 15.4 Å². The third kappa shape index (κ3) is 4.93. The molecular formula is C20H18Cl2N4O3.